The molecule has 2 aromatic rings. The molecule has 8 nitrogen and oxygen atoms in total. The predicted molar refractivity (Wildman–Crippen MR) is 51.2 cm³/mol. The van der Waals surface area contributed by atoms with Crippen molar-refractivity contribution in [2.24, 2.45) is 0 Å². The average Bonchev–Trinajstić information content (AvgIpc) is 2.78. The van der Waals surface area contributed by atoms with Gasteiger partial charge < -0.3 is 10.4 Å². The zero-order valence-electron chi connectivity index (χ0n) is 8.08. The molecule has 3 N–H and O–H groups in total. The summed E-state index contributed by atoms with van der Waals surface area (Å²) >= 11 is 0. The summed E-state index contributed by atoms with van der Waals surface area (Å²) in [5, 5.41) is 24.6. The molecule has 0 aliphatic heterocycles. The Hall–Kier alpha value is -2.51. The number of hydrogen-bond donors (Lipinski definition) is 3. The zero-order chi connectivity index (χ0) is 11.4. The van der Waals surface area contributed by atoms with E-state index in [0.717, 1.165) is 0 Å². The van der Waals surface area contributed by atoms with E-state index in [1.165, 1.54) is 18.5 Å². The van der Waals surface area contributed by atoms with Crippen LogP contribution < -0.4 is 5.32 Å². The summed E-state index contributed by atoms with van der Waals surface area (Å²) in [6.45, 7) is 0.158. The van der Waals surface area contributed by atoms with E-state index in [0.29, 0.717) is 5.82 Å². The van der Waals surface area contributed by atoms with Gasteiger partial charge in [0.1, 0.15) is 5.75 Å². The van der Waals surface area contributed by atoms with E-state index in [1.807, 2.05) is 0 Å². The van der Waals surface area contributed by atoms with Gasteiger partial charge in [-0.3, -0.25) is 9.78 Å². The van der Waals surface area contributed by atoms with E-state index < -0.39 is 0 Å². The molecular formula is C8H8N6O2. The highest BCUT2D eigenvalue weighted by molar-refractivity contribution is 5.94. The number of aromatic nitrogens is 5. The molecule has 1 amide bonds. The van der Waals surface area contributed by atoms with Crippen molar-refractivity contribution < 1.29 is 9.90 Å². The smallest absolute Gasteiger partial charge is 0.253 e. The Kier molecular flexibility index (Phi) is 2.72. The number of rotatable bonds is 3. The maximum Gasteiger partial charge on any atom is 0.253 e. The minimum absolute atomic E-state index is 0.0628. The largest absolute Gasteiger partial charge is 0.506 e. The Balaban J connectivity index is 1.98. The Labute approximate surface area is 89.7 Å². The number of nitrogens with zero attached hydrogens (tertiary/aromatic N) is 4. The molecule has 2 heterocycles. The lowest BCUT2D eigenvalue weighted by molar-refractivity contribution is 0.0949. The van der Waals surface area contributed by atoms with Gasteiger partial charge >= 0.3 is 0 Å². The highest BCUT2D eigenvalue weighted by atomic mass is 16.3. The standard InChI is InChI=1S/C8H8N6O2/c15-6-1-5(2-9-3-6)8(16)10-4-7-11-13-14-12-7/h1-3,15H,4H2,(H,10,16)(H,11,12,13,14). The Bertz CT molecular complexity index is 483. The molecular weight excluding hydrogens is 212 g/mol. The minimum Gasteiger partial charge on any atom is -0.506 e. The van der Waals surface area contributed by atoms with Crippen LogP contribution in [0.5, 0.6) is 5.75 Å². The number of aromatic amines is 1. The van der Waals surface area contributed by atoms with Crippen LogP contribution in [0, 0.1) is 0 Å². The molecule has 0 aromatic carbocycles. The fourth-order valence-corrected chi connectivity index (χ4v) is 1.07. The van der Waals surface area contributed by atoms with Gasteiger partial charge in [0.2, 0.25) is 0 Å². The van der Waals surface area contributed by atoms with Gasteiger partial charge in [0.05, 0.1) is 18.3 Å². The first kappa shape index (κ1) is 10.0. The van der Waals surface area contributed by atoms with Gasteiger partial charge in [0.25, 0.3) is 5.91 Å². The maximum absolute atomic E-state index is 11.5. The first-order chi connectivity index (χ1) is 7.75. The summed E-state index contributed by atoms with van der Waals surface area (Å²) in [6.07, 6.45) is 2.60. The van der Waals surface area contributed by atoms with E-state index >= 15 is 0 Å². The second-order valence-corrected chi connectivity index (χ2v) is 2.94. The van der Waals surface area contributed by atoms with Gasteiger partial charge in [-0.05, 0) is 6.07 Å². The lowest BCUT2D eigenvalue weighted by Crippen LogP contribution is -2.23. The van der Waals surface area contributed by atoms with Crippen molar-refractivity contribution in [3.05, 3.63) is 29.8 Å². The second kappa shape index (κ2) is 4.34. The van der Waals surface area contributed by atoms with E-state index in [1.54, 1.807) is 0 Å². The first-order valence-corrected chi connectivity index (χ1v) is 4.40. The van der Waals surface area contributed by atoms with E-state index in [-0.39, 0.29) is 23.8 Å². The molecule has 0 saturated carbocycles. The van der Waals surface area contributed by atoms with Gasteiger partial charge in [-0.2, -0.15) is 5.21 Å². The maximum atomic E-state index is 11.5. The Morgan fingerprint density at radius 2 is 2.38 bits per heavy atom. The fraction of sp³-hybridized carbons (Fsp3) is 0.125. The van der Waals surface area contributed by atoms with E-state index in [9.17, 15) is 4.79 Å². The van der Waals surface area contributed by atoms with Crippen LogP contribution in [0.2, 0.25) is 0 Å². The fourth-order valence-electron chi connectivity index (χ4n) is 1.07. The van der Waals surface area contributed by atoms with Crippen molar-refractivity contribution in [1.29, 1.82) is 0 Å². The number of carbonyl (C=O) groups excluding carboxylic acids is 1. The Morgan fingerprint density at radius 3 is 3.06 bits per heavy atom. The lowest BCUT2D eigenvalue weighted by Gasteiger charge is -2.01. The molecule has 0 aliphatic carbocycles. The van der Waals surface area contributed by atoms with E-state index in [2.05, 4.69) is 30.9 Å². The van der Waals surface area contributed by atoms with Crippen molar-refractivity contribution in [3.63, 3.8) is 0 Å². The average molecular weight is 220 g/mol. The number of carbonyl (C=O) groups is 1. The van der Waals surface area contributed by atoms with Gasteiger partial charge in [0, 0.05) is 6.20 Å². The molecule has 0 fully saturated rings. The van der Waals surface area contributed by atoms with Crippen molar-refractivity contribution in [1.82, 2.24) is 30.9 Å². The van der Waals surface area contributed by atoms with Crippen LogP contribution in [0.1, 0.15) is 16.2 Å². The number of H-pyrrole nitrogens is 1. The molecule has 0 radical (unpaired) electrons. The number of tetrazole rings is 1. The van der Waals surface area contributed by atoms with Gasteiger partial charge in [0.15, 0.2) is 5.82 Å². The molecule has 2 rings (SSSR count). The third kappa shape index (κ3) is 2.29. The Morgan fingerprint density at radius 1 is 1.50 bits per heavy atom. The van der Waals surface area contributed by atoms with Crippen LogP contribution in [0.4, 0.5) is 0 Å². The van der Waals surface area contributed by atoms with Crippen LogP contribution in [0.15, 0.2) is 18.5 Å². The van der Waals surface area contributed by atoms with Crippen molar-refractivity contribution >= 4 is 5.91 Å². The molecule has 16 heavy (non-hydrogen) atoms. The predicted octanol–water partition coefficient (Wildman–Crippen LogP) is -0.770. The van der Waals surface area contributed by atoms with Gasteiger partial charge in [-0.25, -0.2) is 0 Å². The van der Waals surface area contributed by atoms with Crippen LogP contribution in [-0.2, 0) is 6.54 Å². The highest BCUT2D eigenvalue weighted by Gasteiger charge is 2.07. The lowest BCUT2D eigenvalue weighted by atomic mass is 10.2. The van der Waals surface area contributed by atoms with Crippen LogP contribution >= 0.6 is 0 Å². The summed E-state index contributed by atoms with van der Waals surface area (Å²) in [4.78, 5) is 15.2. The molecule has 0 bridgehead atoms. The van der Waals surface area contributed by atoms with Crippen LogP contribution in [0.25, 0.3) is 0 Å². The summed E-state index contributed by atoms with van der Waals surface area (Å²) in [7, 11) is 0. The SMILES string of the molecule is O=C(NCc1nn[nH]n1)c1cncc(O)c1. The van der Waals surface area contributed by atoms with Crippen molar-refractivity contribution in [2.75, 3.05) is 0 Å². The molecule has 82 valence electrons. The van der Waals surface area contributed by atoms with Crippen LogP contribution in [-0.4, -0.2) is 36.6 Å². The number of amides is 1. The molecule has 0 spiro atoms. The molecule has 0 atom stereocenters. The van der Waals surface area contributed by atoms with Gasteiger partial charge in [-0.1, -0.05) is 5.21 Å². The second-order valence-electron chi connectivity index (χ2n) is 2.94. The van der Waals surface area contributed by atoms with Crippen LogP contribution in [0.3, 0.4) is 0 Å². The summed E-state index contributed by atoms with van der Waals surface area (Å²) in [5.74, 6) is -0.0538. The van der Waals surface area contributed by atoms with Crippen molar-refractivity contribution in [3.8, 4) is 5.75 Å². The van der Waals surface area contributed by atoms with Crippen molar-refractivity contribution in [2.45, 2.75) is 6.54 Å². The van der Waals surface area contributed by atoms with Gasteiger partial charge in [-0.15, -0.1) is 10.2 Å². The molecule has 0 saturated heterocycles. The van der Waals surface area contributed by atoms with E-state index in [4.69, 9.17) is 5.11 Å². The number of hydrogen-bond acceptors (Lipinski definition) is 6. The number of pyridine rings is 1. The normalized spacial score (nSPS) is 10.0. The third-order valence-corrected chi connectivity index (χ3v) is 1.78. The third-order valence-electron chi connectivity index (χ3n) is 1.78. The summed E-state index contributed by atoms with van der Waals surface area (Å²) < 4.78 is 0. The first-order valence-electron chi connectivity index (χ1n) is 4.40. The minimum atomic E-state index is -0.367. The summed E-state index contributed by atoms with van der Waals surface area (Å²) in [6, 6.07) is 1.32. The zero-order valence-corrected chi connectivity index (χ0v) is 8.08. The monoisotopic (exact) mass is 220 g/mol. The molecule has 2 aromatic heterocycles. The quantitative estimate of drug-likeness (QED) is 0.625. The molecule has 0 aliphatic rings. The highest BCUT2D eigenvalue weighted by Crippen LogP contribution is 2.08. The summed E-state index contributed by atoms with van der Waals surface area (Å²) in [5.41, 5.74) is 0.267. The molecule has 8 heteroatoms. The topological polar surface area (TPSA) is 117 Å². The number of aromatic hydroxyl groups is 1. The molecule has 0 unspecified atom stereocenters. The number of nitrogens with one attached hydrogen (secondary N) is 2.